The van der Waals surface area contributed by atoms with Crippen molar-refractivity contribution < 1.29 is 4.74 Å². The molecule has 27 heavy (non-hydrogen) atoms. The van der Waals surface area contributed by atoms with Crippen LogP contribution in [0.3, 0.4) is 0 Å². The maximum atomic E-state index is 6.08. The van der Waals surface area contributed by atoms with Crippen LogP contribution in [-0.2, 0) is 6.54 Å². The van der Waals surface area contributed by atoms with Gasteiger partial charge in [0.05, 0.1) is 11.4 Å². The number of pyridine rings is 1. The third-order valence-electron chi connectivity index (χ3n) is 4.66. The van der Waals surface area contributed by atoms with Crippen molar-refractivity contribution in [3.05, 3.63) is 90.1 Å². The summed E-state index contributed by atoms with van der Waals surface area (Å²) in [6.07, 6.45) is 3.29. The van der Waals surface area contributed by atoms with Gasteiger partial charge < -0.3 is 10.5 Å². The summed E-state index contributed by atoms with van der Waals surface area (Å²) >= 11 is 0. The maximum Gasteiger partial charge on any atom is 0.243 e. The molecule has 2 heterocycles. The van der Waals surface area contributed by atoms with Crippen molar-refractivity contribution in [2.24, 2.45) is 0 Å². The van der Waals surface area contributed by atoms with Gasteiger partial charge in [0.1, 0.15) is 5.75 Å². The van der Waals surface area contributed by atoms with E-state index in [9.17, 15) is 0 Å². The number of hydrogen-bond acceptors (Lipinski definition) is 4. The second kappa shape index (κ2) is 8.06. The van der Waals surface area contributed by atoms with Crippen LogP contribution in [0, 0.1) is 0 Å². The molecule has 0 saturated heterocycles. The molecular weight excluding hydrogens is 334 g/mol. The largest absolute Gasteiger partial charge is 0.437 e. The van der Waals surface area contributed by atoms with Crippen LogP contribution < -0.4 is 10.5 Å². The van der Waals surface area contributed by atoms with Gasteiger partial charge in [-0.15, -0.1) is 0 Å². The van der Waals surface area contributed by atoms with Crippen molar-refractivity contribution in [2.75, 3.05) is 18.8 Å². The van der Waals surface area contributed by atoms with E-state index < -0.39 is 0 Å². The predicted octanol–water partition coefficient (Wildman–Crippen LogP) is 4.75. The molecule has 3 aromatic rings. The summed E-state index contributed by atoms with van der Waals surface area (Å²) in [4.78, 5) is 7.14. The number of para-hydroxylation sites is 1. The van der Waals surface area contributed by atoms with Crippen molar-refractivity contribution in [2.45, 2.75) is 13.0 Å². The van der Waals surface area contributed by atoms with Gasteiger partial charge in [0.25, 0.3) is 0 Å². The molecule has 0 amide bonds. The SMILES string of the molecule is Nc1ccc(C2=CCCN(Cc3ccccc3)C2)nc1Oc1ccccc1. The van der Waals surface area contributed by atoms with Crippen LogP contribution in [-0.4, -0.2) is 23.0 Å². The summed E-state index contributed by atoms with van der Waals surface area (Å²) in [5.74, 6) is 1.19. The average molecular weight is 357 g/mol. The number of nitrogen functional groups attached to an aromatic ring is 1. The molecule has 1 aliphatic heterocycles. The Morgan fingerprint density at radius 2 is 1.67 bits per heavy atom. The van der Waals surface area contributed by atoms with E-state index in [1.165, 1.54) is 11.1 Å². The van der Waals surface area contributed by atoms with Gasteiger partial charge in [-0.2, -0.15) is 0 Å². The molecule has 4 rings (SSSR count). The van der Waals surface area contributed by atoms with Crippen molar-refractivity contribution in [3.8, 4) is 11.6 Å². The summed E-state index contributed by atoms with van der Waals surface area (Å²) in [6.45, 7) is 2.87. The number of anilines is 1. The molecule has 1 aromatic heterocycles. The van der Waals surface area contributed by atoms with Gasteiger partial charge in [0.2, 0.25) is 5.88 Å². The van der Waals surface area contributed by atoms with Gasteiger partial charge in [-0.3, -0.25) is 4.90 Å². The molecule has 1 aliphatic rings. The van der Waals surface area contributed by atoms with Gasteiger partial charge in [0, 0.05) is 19.6 Å². The van der Waals surface area contributed by atoms with Crippen molar-refractivity contribution in [3.63, 3.8) is 0 Å². The van der Waals surface area contributed by atoms with Gasteiger partial charge in [-0.1, -0.05) is 54.6 Å². The molecule has 0 aliphatic carbocycles. The van der Waals surface area contributed by atoms with Gasteiger partial charge in [-0.05, 0) is 41.8 Å². The van der Waals surface area contributed by atoms with Gasteiger partial charge in [-0.25, -0.2) is 4.98 Å². The normalized spacial score (nSPS) is 14.6. The smallest absolute Gasteiger partial charge is 0.243 e. The zero-order valence-electron chi connectivity index (χ0n) is 15.2. The van der Waals surface area contributed by atoms with Crippen LogP contribution in [0.4, 0.5) is 5.69 Å². The lowest BCUT2D eigenvalue weighted by atomic mass is 10.0. The minimum absolute atomic E-state index is 0.458. The molecule has 0 bridgehead atoms. The van der Waals surface area contributed by atoms with Crippen molar-refractivity contribution >= 4 is 11.3 Å². The number of benzene rings is 2. The van der Waals surface area contributed by atoms with Crippen molar-refractivity contribution in [1.82, 2.24) is 9.88 Å². The zero-order valence-corrected chi connectivity index (χ0v) is 15.2. The Balaban J connectivity index is 1.51. The summed E-state index contributed by atoms with van der Waals surface area (Å²) in [5, 5.41) is 0. The van der Waals surface area contributed by atoms with E-state index in [0.717, 1.165) is 37.5 Å². The molecular formula is C23H23N3O. The molecule has 0 atom stereocenters. The van der Waals surface area contributed by atoms with E-state index in [-0.39, 0.29) is 0 Å². The Labute approximate surface area is 159 Å². The summed E-state index contributed by atoms with van der Waals surface area (Å²) in [5.41, 5.74) is 10.1. The van der Waals surface area contributed by atoms with Crippen LogP contribution >= 0.6 is 0 Å². The van der Waals surface area contributed by atoms with E-state index in [2.05, 4.69) is 41.3 Å². The molecule has 4 nitrogen and oxygen atoms in total. The highest BCUT2D eigenvalue weighted by molar-refractivity contribution is 5.67. The lowest BCUT2D eigenvalue weighted by Gasteiger charge is -2.27. The maximum absolute atomic E-state index is 6.08. The lowest BCUT2D eigenvalue weighted by molar-refractivity contribution is 0.296. The van der Waals surface area contributed by atoms with Crippen LogP contribution in [0.5, 0.6) is 11.6 Å². The minimum atomic E-state index is 0.458. The van der Waals surface area contributed by atoms with Crippen LogP contribution in [0.15, 0.2) is 78.9 Å². The molecule has 0 radical (unpaired) electrons. The van der Waals surface area contributed by atoms with Crippen LogP contribution in [0.25, 0.3) is 5.57 Å². The molecule has 0 saturated carbocycles. The standard InChI is InChI=1S/C23H23N3O/c24-21-13-14-22(25-23(21)27-20-11-5-2-6-12-20)19-10-7-15-26(17-19)16-18-8-3-1-4-9-18/h1-6,8-14H,7,15-17,24H2. The molecule has 0 spiro atoms. The predicted molar refractivity (Wildman–Crippen MR) is 109 cm³/mol. The first-order chi connectivity index (χ1) is 13.3. The van der Waals surface area contributed by atoms with Gasteiger partial charge >= 0.3 is 0 Å². The van der Waals surface area contributed by atoms with Gasteiger partial charge in [0.15, 0.2) is 0 Å². The van der Waals surface area contributed by atoms with E-state index in [4.69, 9.17) is 15.5 Å². The first kappa shape index (κ1) is 17.3. The third-order valence-corrected chi connectivity index (χ3v) is 4.66. The molecule has 136 valence electrons. The quantitative estimate of drug-likeness (QED) is 0.716. The molecule has 2 N–H and O–H groups in total. The van der Waals surface area contributed by atoms with Crippen LogP contribution in [0.2, 0.25) is 0 Å². The minimum Gasteiger partial charge on any atom is -0.437 e. The Hall–Kier alpha value is -3.11. The number of hydrogen-bond donors (Lipinski definition) is 1. The number of ether oxygens (including phenoxy) is 1. The fraction of sp³-hybridized carbons (Fsp3) is 0.174. The average Bonchev–Trinajstić information content (AvgIpc) is 2.71. The Morgan fingerprint density at radius 3 is 2.44 bits per heavy atom. The summed E-state index contributed by atoms with van der Waals surface area (Å²) in [6, 6.07) is 24.0. The second-order valence-corrected chi connectivity index (χ2v) is 6.72. The molecule has 2 aromatic carbocycles. The fourth-order valence-corrected chi connectivity index (χ4v) is 3.28. The Bertz CT molecular complexity index is 923. The van der Waals surface area contributed by atoms with E-state index in [1.54, 1.807) is 0 Å². The highest BCUT2D eigenvalue weighted by Crippen LogP contribution is 2.29. The first-order valence-electron chi connectivity index (χ1n) is 9.23. The number of rotatable bonds is 5. The number of nitrogens with two attached hydrogens (primary N) is 1. The third kappa shape index (κ3) is 4.36. The topological polar surface area (TPSA) is 51.4 Å². The lowest BCUT2D eigenvalue weighted by Crippen LogP contribution is -2.29. The number of nitrogens with zero attached hydrogens (tertiary/aromatic N) is 2. The van der Waals surface area contributed by atoms with E-state index >= 15 is 0 Å². The summed E-state index contributed by atoms with van der Waals surface area (Å²) in [7, 11) is 0. The molecule has 0 fully saturated rings. The first-order valence-corrected chi connectivity index (χ1v) is 9.23. The highest BCUT2D eigenvalue weighted by atomic mass is 16.5. The Morgan fingerprint density at radius 1 is 0.926 bits per heavy atom. The van der Waals surface area contributed by atoms with Crippen LogP contribution in [0.1, 0.15) is 17.7 Å². The van der Waals surface area contributed by atoms with Crippen molar-refractivity contribution in [1.29, 1.82) is 0 Å². The monoisotopic (exact) mass is 357 g/mol. The molecule has 0 unspecified atom stereocenters. The number of aromatic nitrogens is 1. The Kier molecular flexibility index (Phi) is 5.17. The molecule has 4 heteroatoms. The van der Waals surface area contributed by atoms with E-state index in [0.29, 0.717) is 11.6 Å². The highest BCUT2D eigenvalue weighted by Gasteiger charge is 2.16. The van der Waals surface area contributed by atoms with E-state index in [1.807, 2.05) is 42.5 Å². The zero-order chi connectivity index (χ0) is 18.5. The second-order valence-electron chi connectivity index (χ2n) is 6.72. The fourth-order valence-electron chi connectivity index (χ4n) is 3.28. The summed E-state index contributed by atoms with van der Waals surface area (Å²) < 4.78 is 5.89.